The standard InChI is InChI=1S/C18H23NO2/c1-3-18(10-6-11-18)19-17(21)16-13-15(7-4-5-12-20)9-8-14(16)2/h8-9,13,20H,3,5-6,10-12H2,1-2H3,(H,19,21). The highest BCUT2D eigenvalue weighted by Crippen LogP contribution is 2.35. The Labute approximate surface area is 126 Å². The molecule has 0 aliphatic heterocycles. The molecule has 21 heavy (non-hydrogen) atoms. The molecule has 0 spiro atoms. The number of nitrogens with one attached hydrogen (secondary N) is 1. The lowest BCUT2D eigenvalue weighted by Crippen LogP contribution is -2.53. The highest BCUT2D eigenvalue weighted by molar-refractivity contribution is 5.96. The van der Waals surface area contributed by atoms with Crippen LogP contribution in [0.4, 0.5) is 0 Å². The van der Waals surface area contributed by atoms with Crippen molar-refractivity contribution in [1.82, 2.24) is 5.32 Å². The second-order valence-electron chi connectivity index (χ2n) is 5.75. The number of aliphatic hydroxyl groups excluding tert-OH is 1. The van der Waals surface area contributed by atoms with Crippen molar-refractivity contribution in [3.8, 4) is 11.8 Å². The summed E-state index contributed by atoms with van der Waals surface area (Å²) in [5.74, 6) is 5.87. The first-order valence-corrected chi connectivity index (χ1v) is 7.63. The van der Waals surface area contributed by atoms with E-state index in [1.807, 2.05) is 25.1 Å². The second-order valence-corrected chi connectivity index (χ2v) is 5.75. The summed E-state index contributed by atoms with van der Waals surface area (Å²) in [5, 5.41) is 12.0. The smallest absolute Gasteiger partial charge is 0.252 e. The van der Waals surface area contributed by atoms with Gasteiger partial charge in [-0.2, -0.15) is 0 Å². The first kappa shape index (κ1) is 15.6. The van der Waals surface area contributed by atoms with Crippen LogP contribution >= 0.6 is 0 Å². The van der Waals surface area contributed by atoms with Crippen LogP contribution in [0.5, 0.6) is 0 Å². The van der Waals surface area contributed by atoms with E-state index in [2.05, 4.69) is 24.1 Å². The number of aryl methyl sites for hydroxylation is 1. The van der Waals surface area contributed by atoms with E-state index < -0.39 is 0 Å². The molecule has 0 heterocycles. The zero-order chi connectivity index (χ0) is 15.3. The van der Waals surface area contributed by atoms with Crippen molar-refractivity contribution >= 4 is 5.91 Å². The van der Waals surface area contributed by atoms with Crippen LogP contribution in [0.1, 0.15) is 60.5 Å². The summed E-state index contributed by atoms with van der Waals surface area (Å²) in [5.41, 5.74) is 2.48. The summed E-state index contributed by atoms with van der Waals surface area (Å²) in [6.07, 6.45) is 4.77. The van der Waals surface area contributed by atoms with Gasteiger partial charge in [-0.05, 0) is 50.3 Å². The SMILES string of the molecule is CCC1(NC(=O)c2cc(C#CCCO)ccc2C)CCC1. The molecule has 1 aromatic carbocycles. The Morgan fingerprint density at radius 1 is 1.43 bits per heavy atom. The Morgan fingerprint density at radius 3 is 2.76 bits per heavy atom. The van der Waals surface area contributed by atoms with Gasteiger partial charge in [0, 0.05) is 23.1 Å². The van der Waals surface area contributed by atoms with Crippen molar-refractivity contribution in [2.24, 2.45) is 0 Å². The van der Waals surface area contributed by atoms with Crippen molar-refractivity contribution in [3.63, 3.8) is 0 Å². The summed E-state index contributed by atoms with van der Waals surface area (Å²) >= 11 is 0. The van der Waals surface area contributed by atoms with E-state index >= 15 is 0 Å². The molecule has 0 bridgehead atoms. The summed E-state index contributed by atoms with van der Waals surface area (Å²) in [4.78, 5) is 12.5. The average Bonchev–Trinajstić information content (AvgIpc) is 2.44. The molecule has 1 aliphatic carbocycles. The molecule has 2 rings (SSSR count). The van der Waals surface area contributed by atoms with Crippen molar-refractivity contribution in [3.05, 3.63) is 34.9 Å². The quantitative estimate of drug-likeness (QED) is 0.836. The van der Waals surface area contributed by atoms with Gasteiger partial charge in [-0.3, -0.25) is 4.79 Å². The third-order valence-electron chi connectivity index (χ3n) is 4.32. The molecule has 0 unspecified atom stereocenters. The minimum Gasteiger partial charge on any atom is -0.395 e. The number of aliphatic hydroxyl groups is 1. The molecule has 3 nitrogen and oxygen atoms in total. The monoisotopic (exact) mass is 285 g/mol. The maximum absolute atomic E-state index is 12.5. The predicted octanol–water partition coefficient (Wildman–Crippen LogP) is 2.79. The minimum absolute atomic E-state index is 0.000131. The first-order chi connectivity index (χ1) is 10.1. The van der Waals surface area contributed by atoms with E-state index in [1.54, 1.807) is 0 Å². The van der Waals surface area contributed by atoms with Crippen LogP contribution in [0.2, 0.25) is 0 Å². The number of carbonyl (C=O) groups excluding carboxylic acids is 1. The highest BCUT2D eigenvalue weighted by atomic mass is 16.2. The lowest BCUT2D eigenvalue weighted by Gasteiger charge is -2.42. The van der Waals surface area contributed by atoms with Gasteiger partial charge in [-0.25, -0.2) is 0 Å². The molecule has 1 amide bonds. The van der Waals surface area contributed by atoms with E-state index in [-0.39, 0.29) is 18.1 Å². The number of rotatable bonds is 4. The summed E-state index contributed by atoms with van der Waals surface area (Å²) in [6.45, 7) is 4.13. The molecule has 112 valence electrons. The molecule has 0 atom stereocenters. The number of carbonyl (C=O) groups is 1. The third kappa shape index (κ3) is 3.65. The van der Waals surface area contributed by atoms with Gasteiger partial charge in [0.25, 0.3) is 5.91 Å². The third-order valence-corrected chi connectivity index (χ3v) is 4.32. The Bertz CT molecular complexity index is 571. The zero-order valence-corrected chi connectivity index (χ0v) is 12.8. The van der Waals surface area contributed by atoms with E-state index in [4.69, 9.17) is 5.11 Å². The van der Waals surface area contributed by atoms with Crippen LogP contribution in [-0.4, -0.2) is 23.2 Å². The van der Waals surface area contributed by atoms with Crippen LogP contribution in [-0.2, 0) is 0 Å². The van der Waals surface area contributed by atoms with Gasteiger partial charge in [0.15, 0.2) is 0 Å². The zero-order valence-electron chi connectivity index (χ0n) is 12.8. The molecular formula is C18H23NO2. The first-order valence-electron chi connectivity index (χ1n) is 7.63. The Balaban J connectivity index is 2.16. The molecule has 1 aliphatic rings. The normalized spacial score (nSPS) is 15.6. The lowest BCUT2D eigenvalue weighted by molar-refractivity contribution is 0.0819. The number of hydrogen-bond acceptors (Lipinski definition) is 2. The van der Waals surface area contributed by atoms with Crippen molar-refractivity contribution in [2.75, 3.05) is 6.61 Å². The van der Waals surface area contributed by atoms with Crippen molar-refractivity contribution in [1.29, 1.82) is 0 Å². The number of amides is 1. The minimum atomic E-state index is -0.000131. The van der Waals surface area contributed by atoms with Crippen LogP contribution in [0.25, 0.3) is 0 Å². The molecule has 1 fully saturated rings. The molecule has 0 radical (unpaired) electrons. The van der Waals surface area contributed by atoms with E-state index in [9.17, 15) is 4.79 Å². The summed E-state index contributed by atoms with van der Waals surface area (Å²) < 4.78 is 0. The van der Waals surface area contributed by atoms with Crippen LogP contribution in [0, 0.1) is 18.8 Å². The van der Waals surface area contributed by atoms with E-state index in [0.717, 1.165) is 30.4 Å². The predicted molar refractivity (Wildman–Crippen MR) is 84.1 cm³/mol. The van der Waals surface area contributed by atoms with Crippen LogP contribution in [0.3, 0.4) is 0 Å². The van der Waals surface area contributed by atoms with Gasteiger partial charge in [0.2, 0.25) is 0 Å². The Morgan fingerprint density at radius 2 is 2.19 bits per heavy atom. The van der Waals surface area contributed by atoms with Gasteiger partial charge >= 0.3 is 0 Å². The summed E-state index contributed by atoms with van der Waals surface area (Å²) in [6, 6.07) is 5.68. The van der Waals surface area contributed by atoms with Gasteiger partial charge in [0.1, 0.15) is 0 Å². The van der Waals surface area contributed by atoms with Crippen molar-refractivity contribution < 1.29 is 9.90 Å². The van der Waals surface area contributed by atoms with Gasteiger partial charge < -0.3 is 10.4 Å². The van der Waals surface area contributed by atoms with Crippen LogP contribution in [0.15, 0.2) is 18.2 Å². The Kier molecular flexibility index (Phi) is 5.03. The van der Waals surface area contributed by atoms with Gasteiger partial charge in [-0.1, -0.05) is 24.8 Å². The number of benzene rings is 1. The van der Waals surface area contributed by atoms with E-state index in [1.165, 1.54) is 6.42 Å². The van der Waals surface area contributed by atoms with E-state index in [0.29, 0.717) is 12.0 Å². The lowest BCUT2D eigenvalue weighted by atomic mass is 9.74. The largest absolute Gasteiger partial charge is 0.395 e. The summed E-state index contributed by atoms with van der Waals surface area (Å²) in [7, 11) is 0. The Hall–Kier alpha value is -1.79. The fourth-order valence-electron chi connectivity index (χ4n) is 2.64. The maximum Gasteiger partial charge on any atom is 0.252 e. The number of hydrogen-bond donors (Lipinski definition) is 2. The molecular weight excluding hydrogens is 262 g/mol. The topological polar surface area (TPSA) is 49.3 Å². The fraction of sp³-hybridized carbons (Fsp3) is 0.500. The highest BCUT2D eigenvalue weighted by Gasteiger charge is 2.36. The molecule has 1 aromatic rings. The van der Waals surface area contributed by atoms with Crippen LogP contribution < -0.4 is 5.32 Å². The van der Waals surface area contributed by atoms with Crippen molar-refractivity contribution in [2.45, 2.75) is 51.5 Å². The van der Waals surface area contributed by atoms with Gasteiger partial charge in [-0.15, -0.1) is 0 Å². The van der Waals surface area contributed by atoms with Gasteiger partial charge in [0.05, 0.1) is 6.61 Å². The molecule has 1 saturated carbocycles. The molecule has 2 N–H and O–H groups in total. The molecule has 3 heteroatoms. The average molecular weight is 285 g/mol. The molecule has 0 saturated heterocycles. The fourth-order valence-corrected chi connectivity index (χ4v) is 2.64. The second kappa shape index (κ2) is 6.78. The molecule has 0 aromatic heterocycles. The maximum atomic E-state index is 12.5.